The largest absolute Gasteiger partial charge is 0.489 e. The predicted octanol–water partition coefficient (Wildman–Crippen LogP) is 5.85. The Morgan fingerprint density at radius 3 is 2.03 bits per heavy atom. The quantitative estimate of drug-likeness (QED) is 0.218. The lowest BCUT2D eigenvalue weighted by molar-refractivity contribution is -0.384. The van der Waals surface area contributed by atoms with Gasteiger partial charge in [-0.3, -0.25) is 14.9 Å². The van der Waals surface area contributed by atoms with Crippen LogP contribution < -0.4 is 15.0 Å². The van der Waals surface area contributed by atoms with E-state index in [2.05, 4.69) is 13.8 Å². The van der Waals surface area contributed by atoms with Gasteiger partial charge in [0.25, 0.3) is 11.2 Å². The number of nitro groups is 1. The van der Waals surface area contributed by atoms with E-state index in [0.29, 0.717) is 36.4 Å². The molecule has 0 atom stereocenters. The summed E-state index contributed by atoms with van der Waals surface area (Å²) >= 11 is 0. The number of pyridine rings is 1. The zero-order valence-electron chi connectivity index (χ0n) is 18.4. The van der Waals surface area contributed by atoms with Gasteiger partial charge in [0.2, 0.25) is 5.75 Å². The SMILES string of the molecule is CCCCCCOc1c(OCCCCCC)c2ccc([N+](=O)[O-])cc2n(CC)c1=O. The number of nitrogens with zero attached hydrogens (tertiary/aromatic N) is 2. The number of aryl methyl sites for hydroxylation is 1. The lowest BCUT2D eigenvalue weighted by Crippen LogP contribution is -2.23. The van der Waals surface area contributed by atoms with E-state index in [0.717, 1.165) is 51.4 Å². The second-order valence-corrected chi connectivity index (χ2v) is 7.48. The first-order chi connectivity index (χ1) is 14.5. The summed E-state index contributed by atoms with van der Waals surface area (Å²) in [7, 11) is 0. The monoisotopic (exact) mass is 418 g/mol. The molecule has 1 aromatic carbocycles. The van der Waals surface area contributed by atoms with Gasteiger partial charge in [0.15, 0.2) is 5.75 Å². The van der Waals surface area contributed by atoms with E-state index >= 15 is 0 Å². The van der Waals surface area contributed by atoms with Gasteiger partial charge in [-0.2, -0.15) is 0 Å². The fourth-order valence-electron chi connectivity index (χ4n) is 3.49. The highest BCUT2D eigenvalue weighted by Crippen LogP contribution is 2.35. The molecule has 0 saturated heterocycles. The summed E-state index contributed by atoms with van der Waals surface area (Å²) < 4.78 is 13.5. The van der Waals surface area contributed by atoms with Crippen molar-refractivity contribution < 1.29 is 14.4 Å². The third kappa shape index (κ3) is 5.97. The maximum Gasteiger partial charge on any atom is 0.297 e. The Balaban J connectivity index is 2.44. The van der Waals surface area contributed by atoms with Gasteiger partial charge in [-0.25, -0.2) is 0 Å². The zero-order chi connectivity index (χ0) is 21.9. The highest BCUT2D eigenvalue weighted by atomic mass is 16.6. The van der Waals surface area contributed by atoms with Crippen LogP contribution in [0, 0.1) is 10.1 Å². The number of aromatic nitrogens is 1. The van der Waals surface area contributed by atoms with Crippen LogP contribution in [0.15, 0.2) is 23.0 Å². The molecule has 0 N–H and O–H groups in total. The highest BCUT2D eigenvalue weighted by molar-refractivity contribution is 5.89. The minimum absolute atomic E-state index is 0.0498. The van der Waals surface area contributed by atoms with E-state index in [4.69, 9.17) is 9.47 Å². The number of non-ortho nitro benzene ring substituents is 1. The number of ether oxygens (including phenoxy) is 2. The Morgan fingerprint density at radius 2 is 1.50 bits per heavy atom. The van der Waals surface area contributed by atoms with Crippen molar-refractivity contribution in [3.63, 3.8) is 0 Å². The van der Waals surface area contributed by atoms with Crippen molar-refractivity contribution >= 4 is 16.6 Å². The summed E-state index contributed by atoms with van der Waals surface area (Å²) in [5.41, 5.74) is 0.148. The molecule has 0 bridgehead atoms. The van der Waals surface area contributed by atoms with Gasteiger partial charge in [-0.1, -0.05) is 52.4 Å². The van der Waals surface area contributed by atoms with Crippen molar-refractivity contribution in [2.45, 2.75) is 78.7 Å². The molecule has 0 fully saturated rings. The standard InChI is InChI=1S/C23H34N2O5/c1-4-7-9-11-15-29-21-19-14-13-18(25(27)28)17-20(19)24(6-3)23(26)22(21)30-16-12-10-8-5-2/h13-14,17H,4-12,15-16H2,1-3H3. The summed E-state index contributed by atoms with van der Waals surface area (Å²) in [5.74, 6) is 0.617. The van der Waals surface area contributed by atoms with Crippen molar-refractivity contribution in [3.05, 3.63) is 38.7 Å². The normalized spacial score (nSPS) is 11.0. The minimum atomic E-state index is -0.451. The van der Waals surface area contributed by atoms with E-state index in [1.54, 1.807) is 6.07 Å². The maximum atomic E-state index is 13.2. The van der Waals surface area contributed by atoms with Gasteiger partial charge in [-0.15, -0.1) is 0 Å². The van der Waals surface area contributed by atoms with Gasteiger partial charge in [0.1, 0.15) is 0 Å². The first-order valence-electron chi connectivity index (χ1n) is 11.2. The molecule has 7 nitrogen and oxygen atoms in total. The molecule has 30 heavy (non-hydrogen) atoms. The molecule has 1 heterocycles. The Kier molecular flexibility index (Phi) is 9.64. The molecule has 0 radical (unpaired) electrons. The van der Waals surface area contributed by atoms with Gasteiger partial charge in [-0.05, 0) is 25.8 Å². The van der Waals surface area contributed by atoms with Crippen molar-refractivity contribution in [1.29, 1.82) is 0 Å². The van der Waals surface area contributed by atoms with E-state index in [1.807, 2.05) is 6.92 Å². The van der Waals surface area contributed by atoms with Crippen LogP contribution in [-0.2, 0) is 6.54 Å². The van der Waals surface area contributed by atoms with Crippen LogP contribution >= 0.6 is 0 Å². The van der Waals surface area contributed by atoms with E-state index < -0.39 is 4.92 Å². The number of hydrogen-bond acceptors (Lipinski definition) is 5. The number of unbranched alkanes of at least 4 members (excludes halogenated alkanes) is 6. The zero-order valence-corrected chi connectivity index (χ0v) is 18.4. The Hall–Kier alpha value is -2.57. The van der Waals surface area contributed by atoms with Crippen LogP contribution in [0.1, 0.15) is 72.1 Å². The number of rotatable bonds is 14. The first-order valence-corrected chi connectivity index (χ1v) is 11.2. The topological polar surface area (TPSA) is 83.6 Å². The molecule has 0 aliphatic carbocycles. The molecule has 0 unspecified atom stereocenters. The third-order valence-corrected chi connectivity index (χ3v) is 5.18. The molecule has 2 rings (SSSR count). The van der Waals surface area contributed by atoms with Crippen molar-refractivity contribution in [2.24, 2.45) is 0 Å². The van der Waals surface area contributed by atoms with Crippen LogP contribution in [0.4, 0.5) is 5.69 Å². The fourth-order valence-corrected chi connectivity index (χ4v) is 3.49. The van der Waals surface area contributed by atoms with Crippen LogP contribution in [0.2, 0.25) is 0 Å². The number of hydrogen-bond donors (Lipinski definition) is 0. The summed E-state index contributed by atoms with van der Waals surface area (Å²) in [6, 6.07) is 4.54. The van der Waals surface area contributed by atoms with E-state index in [9.17, 15) is 14.9 Å². The molecule has 0 amide bonds. The van der Waals surface area contributed by atoms with Gasteiger partial charge >= 0.3 is 0 Å². The van der Waals surface area contributed by atoms with Crippen LogP contribution in [-0.4, -0.2) is 22.7 Å². The molecule has 2 aromatic rings. The third-order valence-electron chi connectivity index (χ3n) is 5.18. The van der Waals surface area contributed by atoms with Crippen LogP contribution in [0.25, 0.3) is 10.9 Å². The van der Waals surface area contributed by atoms with Crippen molar-refractivity contribution in [3.8, 4) is 11.5 Å². The summed E-state index contributed by atoms with van der Waals surface area (Å²) in [6.45, 7) is 7.46. The van der Waals surface area contributed by atoms with Gasteiger partial charge in [0.05, 0.1) is 23.7 Å². The molecular weight excluding hydrogens is 384 g/mol. The highest BCUT2D eigenvalue weighted by Gasteiger charge is 2.21. The molecular formula is C23H34N2O5. The smallest absolute Gasteiger partial charge is 0.297 e. The van der Waals surface area contributed by atoms with E-state index in [1.165, 1.54) is 16.7 Å². The second kappa shape index (κ2) is 12.2. The maximum absolute atomic E-state index is 13.2. The van der Waals surface area contributed by atoms with Gasteiger partial charge in [0, 0.05) is 24.1 Å². The average molecular weight is 419 g/mol. The average Bonchev–Trinajstić information content (AvgIpc) is 2.74. The number of nitro benzene ring substituents is 1. The first kappa shape index (κ1) is 23.7. The van der Waals surface area contributed by atoms with Crippen molar-refractivity contribution in [1.82, 2.24) is 4.57 Å². The Bertz CT molecular complexity index is 891. The summed E-state index contributed by atoms with van der Waals surface area (Å²) in [5, 5.41) is 11.9. The number of benzene rings is 1. The molecule has 1 aromatic heterocycles. The molecule has 0 aliphatic rings. The molecule has 166 valence electrons. The Labute approximate surface area is 178 Å². The minimum Gasteiger partial charge on any atom is -0.489 e. The lowest BCUT2D eigenvalue weighted by atomic mass is 10.1. The second-order valence-electron chi connectivity index (χ2n) is 7.48. The molecule has 0 aliphatic heterocycles. The lowest BCUT2D eigenvalue weighted by Gasteiger charge is -2.18. The predicted molar refractivity (Wildman–Crippen MR) is 120 cm³/mol. The Morgan fingerprint density at radius 1 is 0.900 bits per heavy atom. The van der Waals surface area contributed by atoms with E-state index in [-0.39, 0.29) is 17.0 Å². The van der Waals surface area contributed by atoms with Crippen LogP contribution in [0.3, 0.4) is 0 Å². The fraction of sp³-hybridized carbons (Fsp3) is 0.609. The number of fused-ring (bicyclic) bond motifs is 1. The summed E-state index contributed by atoms with van der Waals surface area (Å²) in [6.07, 6.45) is 8.38. The van der Waals surface area contributed by atoms with Gasteiger partial charge < -0.3 is 14.0 Å². The molecule has 0 saturated carbocycles. The van der Waals surface area contributed by atoms with Crippen molar-refractivity contribution in [2.75, 3.05) is 13.2 Å². The molecule has 7 heteroatoms. The summed E-state index contributed by atoms with van der Waals surface area (Å²) in [4.78, 5) is 24.0. The molecule has 0 spiro atoms. The van der Waals surface area contributed by atoms with Crippen LogP contribution in [0.5, 0.6) is 11.5 Å².